The van der Waals surface area contributed by atoms with Crippen LogP contribution in [0.2, 0.25) is 0 Å². The lowest BCUT2D eigenvalue weighted by Crippen LogP contribution is -2.37. The molecule has 2 aromatic rings. The molecule has 1 atom stereocenters. The fraction of sp³-hybridized carbons (Fsp3) is 0.400. The molecule has 0 spiro atoms. The largest absolute Gasteiger partial charge is 0.353 e. The molecule has 21 heavy (non-hydrogen) atoms. The van der Waals surface area contributed by atoms with Crippen molar-refractivity contribution >= 4 is 21.7 Å². The van der Waals surface area contributed by atoms with Crippen LogP contribution in [0.25, 0.3) is 0 Å². The van der Waals surface area contributed by atoms with Crippen LogP contribution >= 0.6 is 15.9 Å². The van der Waals surface area contributed by atoms with Gasteiger partial charge in [0, 0.05) is 30.0 Å². The molecular formula is C15H16BrN5. The highest BCUT2D eigenvalue weighted by molar-refractivity contribution is 9.10. The van der Waals surface area contributed by atoms with Crippen molar-refractivity contribution in [1.82, 2.24) is 14.8 Å². The molecule has 3 rings (SSSR count). The minimum absolute atomic E-state index is 0.337. The summed E-state index contributed by atoms with van der Waals surface area (Å²) < 4.78 is 2.87. The molecule has 108 valence electrons. The minimum atomic E-state index is 0.337. The zero-order valence-electron chi connectivity index (χ0n) is 11.8. The van der Waals surface area contributed by atoms with Gasteiger partial charge in [-0.2, -0.15) is 10.4 Å². The van der Waals surface area contributed by atoms with Crippen molar-refractivity contribution in [3.05, 3.63) is 40.3 Å². The third-order valence-corrected chi connectivity index (χ3v) is 4.19. The minimum Gasteiger partial charge on any atom is -0.353 e. The van der Waals surface area contributed by atoms with Crippen molar-refractivity contribution in [3.8, 4) is 6.07 Å². The summed E-state index contributed by atoms with van der Waals surface area (Å²) in [5.41, 5.74) is 1.79. The third-order valence-electron chi connectivity index (χ3n) is 3.75. The van der Waals surface area contributed by atoms with Crippen LogP contribution in [0.5, 0.6) is 0 Å². The van der Waals surface area contributed by atoms with E-state index in [4.69, 9.17) is 0 Å². The summed E-state index contributed by atoms with van der Waals surface area (Å²) >= 11 is 3.37. The van der Waals surface area contributed by atoms with Crippen LogP contribution in [0.4, 0.5) is 5.82 Å². The Morgan fingerprint density at radius 2 is 2.29 bits per heavy atom. The molecule has 1 aliphatic rings. The Hall–Kier alpha value is -1.87. The first-order valence-corrected chi connectivity index (χ1v) is 7.78. The van der Waals surface area contributed by atoms with Crippen LogP contribution in [0.3, 0.4) is 0 Å². The van der Waals surface area contributed by atoms with Gasteiger partial charge in [0.1, 0.15) is 11.9 Å². The predicted octanol–water partition coefficient (Wildman–Crippen LogP) is 3.06. The van der Waals surface area contributed by atoms with Crippen molar-refractivity contribution in [2.45, 2.75) is 25.8 Å². The van der Waals surface area contributed by atoms with Gasteiger partial charge in [0.2, 0.25) is 0 Å². The number of piperidine rings is 1. The number of aryl methyl sites for hydroxylation is 1. The molecule has 0 bridgehead atoms. The monoisotopic (exact) mass is 345 g/mol. The van der Waals surface area contributed by atoms with E-state index in [2.05, 4.69) is 43.2 Å². The standard InChI is InChI=1S/C15H16BrN5/c1-11-7-19-21(9-11)14-3-2-4-20(10-14)15-12(6-17)5-13(16)8-18-15/h5,7-9,14H,2-4,10H2,1H3. The molecule has 0 aromatic carbocycles. The maximum absolute atomic E-state index is 9.30. The Morgan fingerprint density at radius 3 is 3.00 bits per heavy atom. The van der Waals surface area contributed by atoms with Crippen LogP contribution in [0, 0.1) is 18.3 Å². The van der Waals surface area contributed by atoms with Crippen LogP contribution in [0.1, 0.15) is 30.0 Å². The van der Waals surface area contributed by atoms with Gasteiger partial charge in [-0.05, 0) is 47.3 Å². The van der Waals surface area contributed by atoms with Crippen molar-refractivity contribution in [3.63, 3.8) is 0 Å². The molecule has 0 amide bonds. The molecule has 0 radical (unpaired) electrons. The van der Waals surface area contributed by atoms with E-state index < -0.39 is 0 Å². The van der Waals surface area contributed by atoms with Gasteiger partial charge in [0.05, 0.1) is 17.8 Å². The Balaban J connectivity index is 1.85. The molecule has 0 aliphatic carbocycles. The number of nitriles is 1. The number of hydrogen-bond donors (Lipinski definition) is 0. The number of rotatable bonds is 2. The molecule has 1 saturated heterocycles. The zero-order chi connectivity index (χ0) is 14.8. The number of pyridine rings is 1. The fourth-order valence-corrected chi connectivity index (χ4v) is 3.09. The van der Waals surface area contributed by atoms with Crippen molar-refractivity contribution in [2.75, 3.05) is 18.0 Å². The smallest absolute Gasteiger partial charge is 0.146 e. The first kappa shape index (κ1) is 14.1. The van der Waals surface area contributed by atoms with E-state index in [1.54, 1.807) is 6.20 Å². The van der Waals surface area contributed by atoms with Gasteiger partial charge in [-0.1, -0.05) is 0 Å². The van der Waals surface area contributed by atoms with Crippen LogP contribution in [-0.2, 0) is 0 Å². The van der Waals surface area contributed by atoms with Crippen molar-refractivity contribution in [1.29, 1.82) is 5.26 Å². The van der Waals surface area contributed by atoms with Gasteiger partial charge in [-0.3, -0.25) is 4.68 Å². The molecule has 2 aromatic heterocycles. The van der Waals surface area contributed by atoms with E-state index in [1.165, 1.54) is 5.56 Å². The molecule has 6 heteroatoms. The molecule has 1 aliphatic heterocycles. The van der Waals surface area contributed by atoms with Gasteiger partial charge < -0.3 is 4.90 Å². The lowest BCUT2D eigenvalue weighted by molar-refractivity contribution is 0.374. The normalized spacial score (nSPS) is 18.5. The SMILES string of the molecule is Cc1cnn(C2CCCN(c3ncc(Br)cc3C#N)C2)c1. The number of hydrogen-bond acceptors (Lipinski definition) is 4. The molecule has 0 saturated carbocycles. The summed E-state index contributed by atoms with van der Waals surface area (Å²) in [5.74, 6) is 0.772. The summed E-state index contributed by atoms with van der Waals surface area (Å²) in [6, 6.07) is 4.40. The number of nitrogens with zero attached hydrogens (tertiary/aromatic N) is 5. The predicted molar refractivity (Wildman–Crippen MR) is 84.1 cm³/mol. The first-order valence-electron chi connectivity index (χ1n) is 6.98. The summed E-state index contributed by atoms with van der Waals surface area (Å²) in [4.78, 5) is 6.62. The molecule has 3 heterocycles. The average molecular weight is 346 g/mol. The second-order valence-electron chi connectivity index (χ2n) is 5.38. The molecule has 0 N–H and O–H groups in total. The Morgan fingerprint density at radius 1 is 1.43 bits per heavy atom. The van der Waals surface area contributed by atoms with Crippen LogP contribution in [-0.4, -0.2) is 27.9 Å². The second kappa shape index (κ2) is 5.86. The quantitative estimate of drug-likeness (QED) is 0.839. The van der Waals surface area contributed by atoms with Crippen molar-refractivity contribution < 1.29 is 0 Å². The van der Waals surface area contributed by atoms with E-state index in [-0.39, 0.29) is 0 Å². The summed E-state index contributed by atoms with van der Waals surface area (Å²) in [6.07, 6.45) is 7.89. The van der Waals surface area contributed by atoms with E-state index in [0.717, 1.165) is 36.2 Å². The molecule has 1 fully saturated rings. The summed E-state index contributed by atoms with van der Waals surface area (Å²) in [7, 11) is 0. The average Bonchev–Trinajstić information content (AvgIpc) is 2.94. The van der Waals surface area contributed by atoms with Gasteiger partial charge in [-0.15, -0.1) is 0 Å². The number of aromatic nitrogens is 3. The van der Waals surface area contributed by atoms with Crippen LogP contribution in [0.15, 0.2) is 29.1 Å². The summed E-state index contributed by atoms with van der Waals surface area (Å²) in [5, 5.41) is 13.7. The van der Waals surface area contributed by atoms with Gasteiger partial charge >= 0.3 is 0 Å². The molecular weight excluding hydrogens is 330 g/mol. The summed E-state index contributed by atoms with van der Waals surface area (Å²) in [6.45, 7) is 3.82. The van der Waals surface area contributed by atoms with Gasteiger partial charge in [-0.25, -0.2) is 4.98 Å². The highest BCUT2D eigenvalue weighted by Crippen LogP contribution is 2.28. The highest BCUT2D eigenvalue weighted by atomic mass is 79.9. The topological polar surface area (TPSA) is 57.7 Å². The van der Waals surface area contributed by atoms with E-state index in [1.807, 2.05) is 23.9 Å². The maximum Gasteiger partial charge on any atom is 0.146 e. The Kier molecular flexibility index (Phi) is 3.93. The second-order valence-corrected chi connectivity index (χ2v) is 6.29. The first-order chi connectivity index (χ1) is 10.2. The zero-order valence-corrected chi connectivity index (χ0v) is 13.4. The Bertz CT molecular complexity index is 688. The van der Waals surface area contributed by atoms with E-state index in [9.17, 15) is 5.26 Å². The maximum atomic E-state index is 9.30. The number of anilines is 1. The third kappa shape index (κ3) is 2.93. The fourth-order valence-electron chi connectivity index (χ4n) is 2.76. The molecule has 1 unspecified atom stereocenters. The van der Waals surface area contributed by atoms with E-state index >= 15 is 0 Å². The van der Waals surface area contributed by atoms with Gasteiger partial charge in [0.25, 0.3) is 0 Å². The lowest BCUT2D eigenvalue weighted by atomic mass is 10.1. The van der Waals surface area contributed by atoms with Crippen LogP contribution < -0.4 is 4.90 Å². The Labute approximate surface area is 132 Å². The van der Waals surface area contributed by atoms with E-state index in [0.29, 0.717) is 11.6 Å². The van der Waals surface area contributed by atoms with Gasteiger partial charge in [0.15, 0.2) is 0 Å². The molecule has 5 nitrogen and oxygen atoms in total. The number of halogens is 1. The van der Waals surface area contributed by atoms with Crippen molar-refractivity contribution in [2.24, 2.45) is 0 Å². The highest BCUT2D eigenvalue weighted by Gasteiger charge is 2.24. The lowest BCUT2D eigenvalue weighted by Gasteiger charge is -2.34.